The van der Waals surface area contributed by atoms with E-state index in [1.54, 1.807) is 24.3 Å². The van der Waals surface area contributed by atoms with Crippen molar-refractivity contribution in [3.05, 3.63) is 65.7 Å². The fraction of sp³-hybridized carbons (Fsp3) is 0.370. The summed E-state index contributed by atoms with van der Waals surface area (Å²) in [6, 6.07) is 13.9. The van der Waals surface area contributed by atoms with Gasteiger partial charge in [-0.05, 0) is 74.6 Å². The van der Waals surface area contributed by atoms with Crippen LogP contribution in [-0.4, -0.2) is 25.6 Å². The normalized spacial score (nSPS) is 14.2. The molecule has 0 spiro atoms. The Bertz CT molecular complexity index is 1270. The number of rotatable bonds is 7. The summed E-state index contributed by atoms with van der Waals surface area (Å²) in [7, 11) is 0. The Balaban J connectivity index is 0.00000141. The first kappa shape index (κ1) is 25.1. The Morgan fingerprint density at radius 2 is 1.71 bits per heavy atom. The summed E-state index contributed by atoms with van der Waals surface area (Å²) in [5, 5.41) is 3.62. The lowest BCUT2D eigenvalue weighted by atomic mass is 9.80. The van der Waals surface area contributed by atoms with Crippen molar-refractivity contribution in [3.8, 4) is 11.4 Å². The van der Waals surface area contributed by atoms with Gasteiger partial charge in [0, 0.05) is 23.0 Å². The van der Waals surface area contributed by atoms with Gasteiger partial charge in [0.1, 0.15) is 23.0 Å². The molecule has 1 N–H and O–H groups in total. The number of nitrogens with zero attached hydrogens (tertiary/aromatic N) is 4. The van der Waals surface area contributed by atoms with Gasteiger partial charge in [-0.2, -0.15) is 3.89 Å². The van der Waals surface area contributed by atoms with Gasteiger partial charge in [-0.15, -0.1) is 0 Å². The number of imidazole rings is 1. The summed E-state index contributed by atoms with van der Waals surface area (Å²) in [6.07, 6.45) is 3.72. The van der Waals surface area contributed by atoms with E-state index in [0.29, 0.717) is 34.7 Å². The van der Waals surface area contributed by atoms with Crippen molar-refractivity contribution >= 4 is 29.1 Å². The maximum absolute atomic E-state index is 13.6. The van der Waals surface area contributed by atoms with E-state index in [2.05, 4.69) is 21.8 Å². The zero-order valence-electron chi connectivity index (χ0n) is 20.6. The summed E-state index contributed by atoms with van der Waals surface area (Å²) in [4.78, 5) is 14.7. The highest BCUT2D eigenvalue weighted by Crippen LogP contribution is 2.34. The summed E-state index contributed by atoms with van der Waals surface area (Å²) in [6.45, 7) is 8.56. The molecule has 0 saturated heterocycles. The Hall–Kier alpha value is -3.00. The number of hydrogen-bond donors (Lipinski definition) is 1. The Morgan fingerprint density at radius 3 is 2.31 bits per heavy atom. The van der Waals surface area contributed by atoms with E-state index in [1.165, 1.54) is 31.4 Å². The zero-order chi connectivity index (χ0) is 24.9. The van der Waals surface area contributed by atoms with Gasteiger partial charge in [0.15, 0.2) is 11.5 Å². The number of anilines is 1. The molecule has 2 aromatic heterocycles. The molecule has 1 fully saturated rings. The second-order valence-electron chi connectivity index (χ2n) is 8.67. The smallest absolute Gasteiger partial charge is 0.183 e. The number of aryl methyl sites for hydroxylation is 1. The molecule has 1 aliphatic rings. The lowest BCUT2D eigenvalue weighted by Gasteiger charge is -2.32. The van der Waals surface area contributed by atoms with Crippen LogP contribution in [0.4, 0.5) is 14.1 Å². The summed E-state index contributed by atoms with van der Waals surface area (Å²) < 4.78 is 28.6. The first-order valence-corrected chi connectivity index (χ1v) is 12.9. The SMILES string of the molecule is CC.Cc1nc(N[C@H](C)C2CCC2)c2c(n1)nc(-c1ccc(F)cc1)n2Cc1ccc(SF)cc1. The van der Waals surface area contributed by atoms with Gasteiger partial charge in [0.25, 0.3) is 0 Å². The third kappa shape index (κ3) is 5.48. The minimum atomic E-state index is -0.298. The molecule has 1 saturated carbocycles. The topological polar surface area (TPSA) is 55.6 Å². The van der Waals surface area contributed by atoms with Gasteiger partial charge >= 0.3 is 0 Å². The maximum atomic E-state index is 13.6. The third-order valence-corrected chi connectivity index (χ3v) is 6.84. The lowest BCUT2D eigenvalue weighted by molar-refractivity contribution is 0.285. The fourth-order valence-electron chi connectivity index (χ4n) is 4.32. The van der Waals surface area contributed by atoms with E-state index in [9.17, 15) is 8.28 Å². The molecule has 4 aromatic rings. The van der Waals surface area contributed by atoms with Crippen LogP contribution in [0.3, 0.4) is 0 Å². The van der Waals surface area contributed by atoms with Crippen LogP contribution in [0.5, 0.6) is 0 Å². The van der Waals surface area contributed by atoms with E-state index in [0.717, 1.165) is 22.5 Å². The van der Waals surface area contributed by atoms with Crippen molar-refractivity contribution in [2.24, 2.45) is 5.92 Å². The molecule has 2 aromatic carbocycles. The Labute approximate surface area is 209 Å². The molecule has 0 amide bonds. The molecule has 35 heavy (non-hydrogen) atoms. The molecule has 8 heteroatoms. The Morgan fingerprint density at radius 1 is 1.03 bits per heavy atom. The minimum Gasteiger partial charge on any atom is -0.365 e. The van der Waals surface area contributed by atoms with Gasteiger partial charge in [-0.25, -0.2) is 19.3 Å². The molecular weight excluding hydrogens is 464 g/mol. The minimum absolute atomic E-state index is 0.226. The number of hydrogen-bond acceptors (Lipinski definition) is 5. The van der Waals surface area contributed by atoms with Crippen LogP contribution in [0.25, 0.3) is 22.6 Å². The molecule has 5 nitrogen and oxygen atoms in total. The van der Waals surface area contributed by atoms with E-state index in [1.807, 2.05) is 32.9 Å². The van der Waals surface area contributed by atoms with Crippen molar-refractivity contribution in [1.82, 2.24) is 19.5 Å². The number of fused-ring (bicyclic) bond motifs is 1. The van der Waals surface area contributed by atoms with Crippen molar-refractivity contribution in [2.45, 2.75) is 64.4 Å². The monoisotopic (exact) mass is 495 g/mol. The number of benzene rings is 2. The summed E-state index contributed by atoms with van der Waals surface area (Å²) >= 11 is 0.226. The molecule has 0 radical (unpaired) electrons. The molecule has 0 aliphatic heterocycles. The van der Waals surface area contributed by atoms with Crippen LogP contribution in [0, 0.1) is 18.7 Å². The largest absolute Gasteiger partial charge is 0.365 e. The van der Waals surface area contributed by atoms with Crippen LogP contribution in [0.15, 0.2) is 53.4 Å². The average molecular weight is 496 g/mol. The molecule has 184 valence electrons. The van der Waals surface area contributed by atoms with Gasteiger partial charge in [0.2, 0.25) is 0 Å². The van der Waals surface area contributed by atoms with Crippen molar-refractivity contribution in [3.63, 3.8) is 0 Å². The van der Waals surface area contributed by atoms with E-state index in [-0.39, 0.29) is 24.0 Å². The van der Waals surface area contributed by atoms with Crippen molar-refractivity contribution in [1.29, 1.82) is 0 Å². The summed E-state index contributed by atoms with van der Waals surface area (Å²) in [5.74, 6) is 2.43. The van der Waals surface area contributed by atoms with E-state index >= 15 is 0 Å². The highest BCUT2D eigenvalue weighted by atomic mass is 32.2. The first-order valence-electron chi connectivity index (χ1n) is 12.2. The molecule has 5 rings (SSSR count). The maximum Gasteiger partial charge on any atom is 0.183 e. The Kier molecular flexibility index (Phi) is 8.00. The summed E-state index contributed by atoms with van der Waals surface area (Å²) in [5.41, 5.74) is 3.20. The lowest BCUT2D eigenvalue weighted by Crippen LogP contribution is -2.31. The van der Waals surface area contributed by atoms with Crippen molar-refractivity contribution in [2.75, 3.05) is 5.32 Å². The molecule has 2 heterocycles. The quantitative estimate of drug-likeness (QED) is 0.286. The van der Waals surface area contributed by atoms with Gasteiger partial charge in [-0.1, -0.05) is 32.4 Å². The third-order valence-electron chi connectivity index (χ3n) is 6.39. The van der Waals surface area contributed by atoms with E-state index < -0.39 is 0 Å². The highest BCUT2D eigenvalue weighted by molar-refractivity contribution is 7.94. The van der Waals surface area contributed by atoms with Crippen molar-refractivity contribution < 1.29 is 8.28 Å². The average Bonchev–Trinajstić information content (AvgIpc) is 3.18. The zero-order valence-corrected chi connectivity index (χ0v) is 21.4. The second-order valence-corrected chi connectivity index (χ2v) is 9.29. The van der Waals surface area contributed by atoms with Gasteiger partial charge in [-0.3, -0.25) is 0 Å². The predicted octanol–water partition coefficient (Wildman–Crippen LogP) is 7.59. The van der Waals surface area contributed by atoms with Crippen LogP contribution in [0.1, 0.15) is 51.4 Å². The van der Waals surface area contributed by atoms with Crippen LogP contribution in [-0.2, 0) is 6.54 Å². The molecule has 0 unspecified atom stereocenters. The molecule has 1 atom stereocenters. The molecule has 1 aliphatic carbocycles. The second kappa shape index (κ2) is 11.2. The number of halogens is 2. The standard InChI is InChI=1S/C25H25F2N5S.C2H6/c1-15(18-4-3-5-18)28-23-22-24(30-16(2)29-23)31-25(19-8-10-20(26)11-9-19)32(22)14-17-6-12-21(33-27)13-7-17;1-2/h6-13,15,18H,3-5,14H2,1-2H3,(H,28,29,30);1-2H3/t15-;/m1./s1. The predicted molar refractivity (Wildman–Crippen MR) is 140 cm³/mol. The highest BCUT2D eigenvalue weighted by Gasteiger charge is 2.26. The fourth-order valence-corrected chi connectivity index (χ4v) is 4.56. The number of nitrogens with one attached hydrogen (secondary N) is 1. The number of aromatic nitrogens is 4. The van der Waals surface area contributed by atoms with Gasteiger partial charge < -0.3 is 9.88 Å². The van der Waals surface area contributed by atoms with Gasteiger partial charge in [0.05, 0.1) is 12.1 Å². The van der Waals surface area contributed by atoms with Crippen LogP contribution < -0.4 is 5.32 Å². The van der Waals surface area contributed by atoms with E-state index in [4.69, 9.17) is 9.97 Å². The first-order chi connectivity index (χ1) is 17.0. The van der Waals surface area contributed by atoms with Crippen LogP contribution >= 0.6 is 12.1 Å². The molecular formula is C27H31F2N5S. The van der Waals surface area contributed by atoms with Crippen LogP contribution in [0.2, 0.25) is 0 Å². The molecule has 0 bridgehead atoms.